The van der Waals surface area contributed by atoms with Crippen molar-refractivity contribution in [2.24, 2.45) is 0 Å². The molecule has 0 bridgehead atoms. The van der Waals surface area contributed by atoms with Crippen molar-refractivity contribution in [3.05, 3.63) is 15.6 Å². The van der Waals surface area contributed by atoms with E-state index in [1.165, 1.54) is 48.6 Å². The molecule has 0 aromatic carbocycles. The maximum Gasteiger partial charge on any atom is 0.103 e. The monoisotopic (exact) mass is 284 g/mol. The highest BCUT2D eigenvalue weighted by molar-refractivity contribution is 7.98. The van der Waals surface area contributed by atoms with E-state index in [4.69, 9.17) is 4.98 Å². The number of nitrogens with one attached hydrogen (secondary N) is 1. The van der Waals surface area contributed by atoms with E-state index in [9.17, 15) is 0 Å². The molecule has 4 heteroatoms. The fourth-order valence-corrected chi connectivity index (χ4v) is 4.48. The minimum atomic E-state index is 0.523. The first-order chi connectivity index (χ1) is 8.85. The van der Waals surface area contributed by atoms with Crippen LogP contribution in [-0.4, -0.2) is 17.3 Å². The van der Waals surface area contributed by atoms with Crippen LogP contribution in [0.5, 0.6) is 0 Å². The molecule has 1 aromatic heterocycles. The van der Waals surface area contributed by atoms with Gasteiger partial charge in [0.1, 0.15) is 5.01 Å². The number of thiazole rings is 1. The van der Waals surface area contributed by atoms with Gasteiger partial charge in [0.25, 0.3) is 0 Å². The molecule has 1 aliphatic rings. The van der Waals surface area contributed by atoms with Crippen molar-refractivity contribution in [1.29, 1.82) is 0 Å². The molecule has 1 aliphatic carbocycles. The summed E-state index contributed by atoms with van der Waals surface area (Å²) in [6, 6.07) is 0.523. The van der Waals surface area contributed by atoms with E-state index in [-0.39, 0.29) is 0 Å². The Morgan fingerprint density at radius 2 is 2.28 bits per heavy atom. The lowest BCUT2D eigenvalue weighted by Crippen LogP contribution is -2.25. The molecule has 1 N–H and O–H groups in total. The van der Waals surface area contributed by atoms with E-state index >= 15 is 0 Å². The first kappa shape index (κ1) is 14.4. The molecule has 1 unspecified atom stereocenters. The van der Waals surface area contributed by atoms with Crippen LogP contribution < -0.4 is 5.32 Å². The minimum absolute atomic E-state index is 0.523. The molecule has 18 heavy (non-hydrogen) atoms. The lowest BCUT2D eigenvalue weighted by molar-refractivity contribution is 0.454. The van der Waals surface area contributed by atoms with E-state index in [0.717, 1.165) is 12.3 Å². The predicted molar refractivity (Wildman–Crippen MR) is 82.5 cm³/mol. The highest BCUT2D eigenvalue weighted by atomic mass is 32.2. The summed E-state index contributed by atoms with van der Waals surface area (Å²) in [7, 11) is 0. The third-order valence-corrected chi connectivity index (χ3v) is 5.70. The Balaban J connectivity index is 1.98. The Morgan fingerprint density at radius 1 is 1.39 bits per heavy atom. The molecule has 0 saturated heterocycles. The number of aromatic nitrogens is 1. The summed E-state index contributed by atoms with van der Waals surface area (Å²) in [6.07, 6.45) is 6.29. The number of nitrogens with zero attached hydrogens (tertiary/aromatic N) is 1. The molecule has 1 atom stereocenters. The fraction of sp³-hybridized carbons (Fsp3) is 0.786. The number of rotatable bonds is 7. The van der Waals surface area contributed by atoms with Crippen LogP contribution in [0, 0.1) is 0 Å². The van der Waals surface area contributed by atoms with Gasteiger partial charge in [-0.3, -0.25) is 0 Å². The van der Waals surface area contributed by atoms with Crippen LogP contribution in [0.4, 0.5) is 0 Å². The molecule has 2 rings (SSSR count). The molecule has 0 spiro atoms. The van der Waals surface area contributed by atoms with Crippen molar-refractivity contribution < 1.29 is 0 Å². The van der Waals surface area contributed by atoms with E-state index in [2.05, 4.69) is 19.2 Å². The largest absolute Gasteiger partial charge is 0.309 e. The smallest absolute Gasteiger partial charge is 0.103 e. The van der Waals surface area contributed by atoms with Gasteiger partial charge >= 0.3 is 0 Å². The topological polar surface area (TPSA) is 24.9 Å². The second kappa shape index (κ2) is 7.51. The normalized spacial score (nSPS) is 18.9. The molecule has 0 radical (unpaired) electrons. The summed E-state index contributed by atoms with van der Waals surface area (Å²) in [6.45, 7) is 5.58. The Hall–Kier alpha value is -0.0600. The third-order valence-electron chi connectivity index (χ3n) is 3.21. The molecule has 102 valence electrons. The average molecular weight is 284 g/mol. The van der Waals surface area contributed by atoms with Crippen LogP contribution in [0.3, 0.4) is 0 Å². The van der Waals surface area contributed by atoms with Crippen molar-refractivity contribution in [3.63, 3.8) is 0 Å². The van der Waals surface area contributed by atoms with Crippen LogP contribution in [-0.2, 0) is 12.2 Å². The van der Waals surface area contributed by atoms with Gasteiger partial charge in [0, 0.05) is 10.6 Å². The van der Waals surface area contributed by atoms with Gasteiger partial charge in [-0.05, 0) is 44.4 Å². The number of hydrogen-bond donors (Lipinski definition) is 1. The van der Waals surface area contributed by atoms with Crippen molar-refractivity contribution in [2.75, 3.05) is 12.3 Å². The van der Waals surface area contributed by atoms with Crippen LogP contribution in [0.1, 0.15) is 61.2 Å². The lowest BCUT2D eigenvalue weighted by Gasteiger charge is -2.22. The summed E-state index contributed by atoms with van der Waals surface area (Å²) in [5.41, 5.74) is 1.37. The van der Waals surface area contributed by atoms with Gasteiger partial charge in [-0.1, -0.05) is 13.8 Å². The van der Waals surface area contributed by atoms with Crippen LogP contribution in [0.15, 0.2) is 0 Å². The molecule has 0 fully saturated rings. The standard InChI is InChI=1S/C14H24N2S2/c1-3-8-15-11-6-5-7-12-14(11)16-13(18-12)10-17-9-4-2/h11,15H,3-10H2,1-2H3. The van der Waals surface area contributed by atoms with E-state index in [0.29, 0.717) is 6.04 Å². The maximum atomic E-state index is 4.89. The van der Waals surface area contributed by atoms with Crippen molar-refractivity contribution in [1.82, 2.24) is 10.3 Å². The Kier molecular flexibility index (Phi) is 5.99. The van der Waals surface area contributed by atoms with E-state index in [1.807, 2.05) is 23.1 Å². The summed E-state index contributed by atoms with van der Waals surface area (Å²) < 4.78 is 0. The fourth-order valence-electron chi connectivity index (χ4n) is 2.35. The quantitative estimate of drug-likeness (QED) is 0.761. The van der Waals surface area contributed by atoms with Crippen LogP contribution >= 0.6 is 23.1 Å². The van der Waals surface area contributed by atoms with Crippen molar-refractivity contribution in [2.45, 2.75) is 57.7 Å². The number of thioether (sulfide) groups is 1. The van der Waals surface area contributed by atoms with E-state index in [1.54, 1.807) is 4.88 Å². The molecular formula is C14H24N2S2. The first-order valence-electron chi connectivity index (χ1n) is 7.14. The molecule has 1 aromatic rings. The minimum Gasteiger partial charge on any atom is -0.309 e. The highest BCUT2D eigenvalue weighted by Gasteiger charge is 2.23. The number of aryl methyl sites for hydroxylation is 1. The summed E-state index contributed by atoms with van der Waals surface area (Å²) >= 11 is 3.97. The van der Waals surface area contributed by atoms with Crippen molar-refractivity contribution in [3.8, 4) is 0 Å². The van der Waals surface area contributed by atoms with Crippen LogP contribution in [0.25, 0.3) is 0 Å². The number of fused-ring (bicyclic) bond motifs is 1. The highest BCUT2D eigenvalue weighted by Crippen LogP contribution is 2.34. The first-order valence-corrected chi connectivity index (χ1v) is 9.11. The molecule has 0 aliphatic heterocycles. The van der Waals surface area contributed by atoms with Gasteiger partial charge in [-0.25, -0.2) is 4.98 Å². The molecule has 0 amide bonds. The lowest BCUT2D eigenvalue weighted by atomic mass is 9.97. The van der Waals surface area contributed by atoms with Gasteiger partial charge in [-0.2, -0.15) is 11.8 Å². The molecule has 0 saturated carbocycles. The average Bonchev–Trinajstić information content (AvgIpc) is 2.80. The van der Waals surface area contributed by atoms with Crippen LogP contribution in [0.2, 0.25) is 0 Å². The third kappa shape index (κ3) is 3.72. The van der Waals surface area contributed by atoms with E-state index < -0.39 is 0 Å². The summed E-state index contributed by atoms with van der Waals surface area (Å²) in [5, 5.41) is 4.98. The van der Waals surface area contributed by atoms with Gasteiger partial charge < -0.3 is 5.32 Å². The number of hydrogen-bond acceptors (Lipinski definition) is 4. The zero-order valence-electron chi connectivity index (χ0n) is 11.5. The molecule has 1 heterocycles. The Morgan fingerprint density at radius 3 is 3.06 bits per heavy atom. The van der Waals surface area contributed by atoms with Gasteiger partial charge in [-0.15, -0.1) is 11.3 Å². The SMILES string of the molecule is CCCNC1CCCc2sc(CSCCC)nc21. The predicted octanol–water partition coefficient (Wildman–Crippen LogP) is 4.16. The Labute approximate surface area is 119 Å². The zero-order valence-corrected chi connectivity index (χ0v) is 13.1. The molecule has 2 nitrogen and oxygen atoms in total. The second-order valence-electron chi connectivity index (χ2n) is 4.87. The van der Waals surface area contributed by atoms with Gasteiger partial charge in [0.2, 0.25) is 0 Å². The van der Waals surface area contributed by atoms with Crippen molar-refractivity contribution >= 4 is 23.1 Å². The zero-order chi connectivity index (χ0) is 12.8. The summed E-state index contributed by atoms with van der Waals surface area (Å²) in [5.74, 6) is 2.35. The van der Waals surface area contributed by atoms with Gasteiger partial charge in [0.05, 0.1) is 11.7 Å². The Bertz CT molecular complexity index is 363. The van der Waals surface area contributed by atoms with Gasteiger partial charge in [0.15, 0.2) is 0 Å². The summed E-state index contributed by atoms with van der Waals surface area (Å²) in [4.78, 5) is 6.44. The molecular weight excluding hydrogens is 260 g/mol. The second-order valence-corrected chi connectivity index (χ2v) is 7.14. The maximum absolute atomic E-state index is 4.89.